The Labute approximate surface area is 93.8 Å². The van der Waals surface area contributed by atoms with E-state index in [0.717, 1.165) is 12.5 Å². The van der Waals surface area contributed by atoms with Crippen LogP contribution in [0.15, 0.2) is 0 Å². The van der Waals surface area contributed by atoms with E-state index < -0.39 is 0 Å². The summed E-state index contributed by atoms with van der Waals surface area (Å²) in [5.41, 5.74) is 7.83. The van der Waals surface area contributed by atoms with Gasteiger partial charge in [-0.05, 0) is 73.7 Å². The fourth-order valence-electron chi connectivity index (χ4n) is 6.27. The molecule has 4 fully saturated rings. The maximum Gasteiger partial charge on any atom is -0.00720 e. The van der Waals surface area contributed by atoms with Crippen LogP contribution in [-0.4, -0.2) is 6.54 Å². The van der Waals surface area contributed by atoms with Crippen LogP contribution in [-0.2, 0) is 0 Å². The van der Waals surface area contributed by atoms with Crippen molar-refractivity contribution < 1.29 is 0 Å². The fraction of sp³-hybridized carbons (Fsp3) is 1.00. The predicted molar refractivity (Wildman–Crippen MR) is 63.5 cm³/mol. The van der Waals surface area contributed by atoms with Crippen LogP contribution in [0.3, 0.4) is 0 Å². The Hall–Kier alpha value is -0.0400. The van der Waals surface area contributed by atoms with E-state index in [1.807, 2.05) is 0 Å². The van der Waals surface area contributed by atoms with Crippen molar-refractivity contribution in [2.75, 3.05) is 6.54 Å². The standard InChI is InChI=1S/C14H25N/c1-12-5-11-6-13(2,8-12)10-14(7-11,9-12)3-4-15/h11H,3-10,15H2,1-2H3/t11?,12-,13+,14?. The highest BCUT2D eigenvalue weighted by Crippen LogP contribution is 2.70. The lowest BCUT2D eigenvalue weighted by Crippen LogP contribution is -2.55. The van der Waals surface area contributed by atoms with Crippen molar-refractivity contribution in [2.45, 2.75) is 58.8 Å². The van der Waals surface area contributed by atoms with E-state index in [4.69, 9.17) is 5.73 Å². The molecule has 0 aromatic heterocycles. The number of hydrogen-bond acceptors (Lipinski definition) is 1. The summed E-state index contributed by atoms with van der Waals surface area (Å²) in [6.45, 7) is 5.99. The largest absolute Gasteiger partial charge is 0.330 e. The zero-order valence-electron chi connectivity index (χ0n) is 10.3. The Morgan fingerprint density at radius 1 is 1.00 bits per heavy atom. The van der Waals surface area contributed by atoms with Gasteiger partial charge in [0.05, 0.1) is 0 Å². The highest BCUT2D eigenvalue weighted by molar-refractivity contribution is 5.10. The van der Waals surface area contributed by atoms with E-state index in [9.17, 15) is 0 Å². The van der Waals surface area contributed by atoms with Gasteiger partial charge in [0, 0.05) is 0 Å². The van der Waals surface area contributed by atoms with Gasteiger partial charge in [-0.3, -0.25) is 0 Å². The van der Waals surface area contributed by atoms with E-state index >= 15 is 0 Å². The van der Waals surface area contributed by atoms with E-state index in [-0.39, 0.29) is 0 Å². The van der Waals surface area contributed by atoms with Gasteiger partial charge < -0.3 is 5.73 Å². The first-order valence-electron chi connectivity index (χ1n) is 6.67. The third-order valence-electron chi connectivity index (χ3n) is 5.42. The second kappa shape index (κ2) is 2.80. The molecule has 1 heteroatoms. The van der Waals surface area contributed by atoms with Crippen molar-refractivity contribution in [3.63, 3.8) is 0 Å². The summed E-state index contributed by atoms with van der Waals surface area (Å²) in [6, 6.07) is 0. The smallest absolute Gasteiger partial charge is 0.00720 e. The molecule has 0 saturated heterocycles. The van der Waals surface area contributed by atoms with Crippen LogP contribution in [0.5, 0.6) is 0 Å². The number of hydrogen-bond donors (Lipinski definition) is 1. The first-order valence-corrected chi connectivity index (χ1v) is 6.67. The lowest BCUT2D eigenvalue weighted by atomic mass is 9.40. The van der Waals surface area contributed by atoms with Gasteiger partial charge in [0.25, 0.3) is 0 Å². The summed E-state index contributed by atoms with van der Waals surface area (Å²) in [5, 5.41) is 0. The lowest BCUT2D eigenvalue weighted by molar-refractivity contribution is -0.146. The highest BCUT2D eigenvalue weighted by atomic mass is 14.7. The minimum absolute atomic E-state index is 0.650. The Morgan fingerprint density at radius 3 is 2.07 bits per heavy atom. The molecule has 4 aliphatic rings. The lowest BCUT2D eigenvalue weighted by Gasteiger charge is -2.65. The van der Waals surface area contributed by atoms with Crippen LogP contribution in [0.1, 0.15) is 58.8 Å². The number of rotatable bonds is 2. The first-order chi connectivity index (χ1) is 6.97. The zero-order chi connectivity index (χ0) is 10.7. The summed E-state index contributed by atoms with van der Waals surface area (Å²) in [6.07, 6.45) is 10.2. The molecule has 4 saturated carbocycles. The average molecular weight is 207 g/mol. The second-order valence-electron chi connectivity index (χ2n) is 7.67. The summed E-state index contributed by atoms with van der Waals surface area (Å²) in [7, 11) is 0. The summed E-state index contributed by atoms with van der Waals surface area (Å²) in [5.74, 6) is 1.03. The molecule has 86 valence electrons. The molecule has 4 rings (SSSR count). The normalized spacial score (nSPS) is 57.4. The van der Waals surface area contributed by atoms with Crippen LogP contribution in [0, 0.1) is 22.2 Å². The van der Waals surface area contributed by atoms with Gasteiger partial charge in [0.2, 0.25) is 0 Å². The molecular weight excluding hydrogens is 182 g/mol. The zero-order valence-corrected chi connectivity index (χ0v) is 10.3. The Balaban J connectivity index is 1.94. The summed E-state index contributed by atoms with van der Waals surface area (Å²) < 4.78 is 0. The van der Waals surface area contributed by atoms with E-state index in [2.05, 4.69) is 13.8 Å². The molecule has 2 unspecified atom stereocenters. The van der Waals surface area contributed by atoms with E-state index in [1.165, 1.54) is 44.9 Å². The quantitative estimate of drug-likeness (QED) is 0.738. The van der Waals surface area contributed by atoms with Gasteiger partial charge in [-0.25, -0.2) is 0 Å². The van der Waals surface area contributed by atoms with Gasteiger partial charge in [-0.15, -0.1) is 0 Å². The van der Waals surface area contributed by atoms with Crippen molar-refractivity contribution in [3.8, 4) is 0 Å². The van der Waals surface area contributed by atoms with Gasteiger partial charge in [-0.2, -0.15) is 0 Å². The van der Waals surface area contributed by atoms with Crippen LogP contribution in [0.2, 0.25) is 0 Å². The molecule has 0 radical (unpaired) electrons. The Morgan fingerprint density at radius 2 is 1.60 bits per heavy atom. The SMILES string of the molecule is C[C@]12CC3CC(CCN)(C1)C[C@@](C)(C3)C2. The van der Waals surface area contributed by atoms with Crippen molar-refractivity contribution in [3.05, 3.63) is 0 Å². The summed E-state index contributed by atoms with van der Waals surface area (Å²) in [4.78, 5) is 0. The molecule has 4 atom stereocenters. The molecule has 4 aliphatic carbocycles. The predicted octanol–water partition coefficient (Wildman–Crippen LogP) is 3.33. The van der Waals surface area contributed by atoms with Crippen molar-refractivity contribution >= 4 is 0 Å². The van der Waals surface area contributed by atoms with Crippen molar-refractivity contribution in [1.82, 2.24) is 0 Å². The third-order valence-corrected chi connectivity index (χ3v) is 5.42. The molecule has 15 heavy (non-hydrogen) atoms. The van der Waals surface area contributed by atoms with Crippen LogP contribution in [0.25, 0.3) is 0 Å². The molecule has 0 spiro atoms. The second-order valence-corrected chi connectivity index (χ2v) is 7.67. The molecule has 0 heterocycles. The molecular formula is C14H25N. The fourth-order valence-corrected chi connectivity index (χ4v) is 6.27. The minimum Gasteiger partial charge on any atom is -0.330 e. The topological polar surface area (TPSA) is 26.0 Å². The molecule has 0 amide bonds. The maximum atomic E-state index is 5.84. The van der Waals surface area contributed by atoms with Crippen LogP contribution in [0.4, 0.5) is 0 Å². The third kappa shape index (κ3) is 1.46. The average Bonchev–Trinajstić information content (AvgIpc) is 1.94. The Bertz CT molecular complexity index is 265. The van der Waals surface area contributed by atoms with Crippen LogP contribution >= 0.6 is 0 Å². The van der Waals surface area contributed by atoms with Gasteiger partial charge >= 0.3 is 0 Å². The van der Waals surface area contributed by atoms with Gasteiger partial charge in [-0.1, -0.05) is 13.8 Å². The van der Waals surface area contributed by atoms with Crippen LogP contribution < -0.4 is 5.73 Å². The van der Waals surface area contributed by atoms with E-state index in [1.54, 1.807) is 0 Å². The Kier molecular flexibility index (Phi) is 1.89. The van der Waals surface area contributed by atoms with Crippen molar-refractivity contribution in [1.29, 1.82) is 0 Å². The minimum atomic E-state index is 0.650. The van der Waals surface area contributed by atoms with Gasteiger partial charge in [0.1, 0.15) is 0 Å². The molecule has 1 nitrogen and oxygen atoms in total. The highest BCUT2D eigenvalue weighted by Gasteiger charge is 2.59. The van der Waals surface area contributed by atoms with Crippen molar-refractivity contribution in [2.24, 2.45) is 27.9 Å². The first kappa shape index (κ1) is 10.1. The maximum absolute atomic E-state index is 5.84. The van der Waals surface area contributed by atoms with Gasteiger partial charge in [0.15, 0.2) is 0 Å². The monoisotopic (exact) mass is 207 g/mol. The molecule has 0 aromatic carbocycles. The van der Waals surface area contributed by atoms with E-state index in [0.29, 0.717) is 16.2 Å². The number of nitrogens with two attached hydrogens (primary N) is 1. The molecule has 4 bridgehead atoms. The molecule has 2 N–H and O–H groups in total. The molecule has 0 aromatic rings. The summed E-state index contributed by atoms with van der Waals surface area (Å²) >= 11 is 0. The molecule has 0 aliphatic heterocycles.